The second-order valence-electron chi connectivity index (χ2n) is 7.97. The van der Waals surface area contributed by atoms with E-state index in [0.717, 1.165) is 25.7 Å². The van der Waals surface area contributed by atoms with E-state index in [4.69, 9.17) is 4.74 Å². The van der Waals surface area contributed by atoms with Gasteiger partial charge in [0.05, 0.1) is 0 Å². The van der Waals surface area contributed by atoms with Gasteiger partial charge in [0, 0.05) is 6.92 Å². The number of carbonyl (C=O) groups is 1. The number of unbranched alkanes of at least 4 members (excludes halogenated alkanes) is 1. The second-order valence-corrected chi connectivity index (χ2v) is 13.6. The Morgan fingerprint density at radius 2 is 1.48 bits per heavy atom. The third-order valence-electron chi connectivity index (χ3n) is 5.03. The van der Waals surface area contributed by atoms with Gasteiger partial charge in [0.25, 0.3) is 0 Å². The summed E-state index contributed by atoms with van der Waals surface area (Å²) >= 11 is 0. The molecule has 0 aliphatic heterocycles. The van der Waals surface area contributed by atoms with Gasteiger partial charge in [0.2, 0.25) is 0 Å². The number of esters is 1. The third-order valence-corrected chi connectivity index (χ3v) is 11.3. The van der Waals surface area contributed by atoms with Crippen LogP contribution < -0.4 is 0 Å². The van der Waals surface area contributed by atoms with E-state index in [0.29, 0.717) is 22.4 Å². The van der Waals surface area contributed by atoms with Crippen molar-refractivity contribution in [3.8, 4) is 11.5 Å². The molecule has 0 unspecified atom stereocenters. The monoisotopic (exact) mass is 388 g/mol. The lowest BCUT2D eigenvalue weighted by atomic mass is 10.2. The quantitative estimate of drug-likeness (QED) is 0.0976. The molecule has 0 fully saturated rings. The average Bonchev–Trinajstić information content (AvgIpc) is 2.55. The van der Waals surface area contributed by atoms with Gasteiger partial charge in [0.1, 0.15) is 8.07 Å². The van der Waals surface area contributed by atoms with Crippen LogP contribution in [0.4, 0.5) is 0 Å². The van der Waals surface area contributed by atoms with E-state index in [-0.39, 0.29) is 5.97 Å². The van der Waals surface area contributed by atoms with E-state index in [1.807, 2.05) is 6.08 Å². The van der Waals surface area contributed by atoms with Gasteiger partial charge in [-0.1, -0.05) is 72.8 Å². The Hall–Kier alpha value is -1.53. The third kappa shape index (κ3) is 9.29. The van der Waals surface area contributed by atoms with Gasteiger partial charge >= 0.3 is 5.97 Å². The van der Waals surface area contributed by atoms with Crippen molar-refractivity contribution in [1.82, 2.24) is 0 Å². The van der Waals surface area contributed by atoms with E-state index in [1.54, 1.807) is 0 Å². The van der Waals surface area contributed by atoms with E-state index in [2.05, 4.69) is 84.2 Å². The SMILES string of the molecule is CC/C=C\C/C=C\CC/C=C(\C#C[Si](C(C)C)(C(C)C)C(C)C)OC(C)=O. The van der Waals surface area contributed by atoms with Crippen LogP contribution in [0.3, 0.4) is 0 Å². The van der Waals surface area contributed by atoms with Crippen LogP contribution in [0.2, 0.25) is 16.6 Å². The maximum absolute atomic E-state index is 11.5. The molecule has 0 amide bonds. The fourth-order valence-corrected chi connectivity index (χ4v) is 8.95. The van der Waals surface area contributed by atoms with Gasteiger partial charge in [-0.05, 0) is 54.3 Å². The molecule has 27 heavy (non-hydrogen) atoms. The lowest BCUT2D eigenvalue weighted by Crippen LogP contribution is -2.43. The van der Waals surface area contributed by atoms with Crippen molar-refractivity contribution in [2.24, 2.45) is 0 Å². The number of hydrogen-bond donors (Lipinski definition) is 0. The lowest BCUT2D eigenvalue weighted by molar-refractivity contribution is -0.136. The molecule has 3 heteroatoms. The summed E-state index contributed by atoms with van der Waals surface area (Å²) in [6, 6.07) is 0. The molecule has 0 aromatic rings. The van der Waals surface area contributed by atoms with Crippen LogP contribution >= 0.6 is 0 Å². The maximum atomic E-state index is 11.5. The molecule has 0 aromatic heterocycles. The molecule has 0 saturated carbocycles. The molecule has 0 aromatic carbocycles. The normalized spacial score (nSPS) is 13.1. The molecule has 0 aliphatic rings. The predicted octanol–water partition coefficient (Wildman–Crippen LogP) is 7.35. The van der Waals surface area contributed by atoms with E-state index >= 15 is 0 Å². The summed E-state index contributed by atoms with van der Waals surface area (Å²) in [5.41, 5.74) is 5.30. The lowest BCUT2D eigenvalue weighted by Gasteiger charge is -2.38. The van der Waals surface area contributed by atoms with Crippen molar-refractivity contribution in [1.29, 1.82) is 0 Å². The minimum Gasteiger partial charge on any atom is -0.418 e. The summed E-state index contributed by atoms with van der Waals surface area (Å²) in [4.78, 5) is 11.5. The summed E-state index contributed by atoms with van der Waals surface area (Å²) in [5.74, 6) is 3.46. The van der Waals surface area contributed by atoms with Crippen molar-refractivity contribution < 1.29 is 9.53 Å². The highest BCUT2D eigenvalue weighted by molar-refractivity contribution is 6.90. The molecule has 0 aliphatic carbocycles. The Labute approximate surface area is 169 Å². The first-order chi connectivity index (χ1) is 12.7. The molecule has 0 saturated heterocycles. The van der Waals surface area contributed by atoms with Crippen LogP contribution in [-0.4, -0.2) is 14.0 Å². The maximum Gasteiger partial charge on any atom is 0.308 e. The molecule has 0 bridgehead atoms. The summed E-state index contributed by atoms with van der Waals surface area (Å²) in [5, 5.41) is 0. The number of rotatable bonds is 10. The largest absolute Gasteiger partial charge is 0.418 e. The van der Waals surface area contributed by atoms with Crippen molar-refractivity contribution >= 4 is 14.0 Å². The van der Waals surface area contributed by atoms with Gasteiger partial charge in [-0.15, -0.1) is 5.54 Å². The van der Waals surface area contributed by atoms with Gasteiger partial charge in [-0.3, -0.25) is 4.79 Å². The minimum absolute atomic E-state index is 0.304. The zero-order valence-corrected chi connectivity index (χ0v) is 19.8. The first-order valence-electron chi connectivity index (χ1n) is 10.4. The van der Waals surface area contributed by atoms with Gasteiger partial charge in [-0.2, -0.15) is 0 Å². The average molecular weight is 389 g/mol. The van der Waals surface area contributed by atoms with E-state index in [9.17, 15) is 4.79 Å². The van der Waals surface area contributed by atoms with Crippen molar-refractivity contribution in [2.75, 3.05) is 0 Å². The molecule has 0 atom stereocenters. The molecule has 0 rings (SSSR count). The van der Waals surface area contributed by atoms with Crippen molar-refractivity contribution in [3.63, 3.8) is 0 Å². The Morgan fingerprint density at radius 3 is 1.96 bits per heavy atom. The summed E-state index contributed by atoms with van der Waals surface area (Å²) in [7, 11) is -1.83. The fourth-order valence-electron chi connectivity index (χ4n) is 3.74. The first kappa shape index (κ1) is 25.5. The second kappa shape index (κ2) is 13.6. The van der Waals surface area contributed by atoms with E-state index in [1.165, 1.54) is 6.92 Å². The van der Waals surface area contributed by atoms with Crippen LogP contribution in [0.5, 0.6) is 0 Å². The Morgan fingerprint density at radius 1 is 0.926 bits per heavy atom. The van der Waals surface area contributed by atoms with E-state index < -0.39 is 8.07 Å². The molecule has 0 radical (unpaired) electrons. The Kier molecular flexibility index (Phi) is 12.8. The van der Waals surface area contributed by atoms with Crippen LogP contribution in [0.25, 0.3) is 0 Å². The van der Waals surface area contributed by atoms with Crippen molar-refractivity contribution in [2.45, 2.75) is 97.7 Å². The molecule has 2 nitrogen and oxygen atoms in total. The molecular formula is C24H40O2Si. The summed E-state index contributed by atoms with van der Waals surface area (Å²) < 4.78 is 5.38. The highest BCUT2D eigenvalue weighted by atomic mass is 28.3. The van der Waals surface area contributed by atoms with Gasteiger partial charge in [-0.25, -0.2) is 0 Å². The standard InChI is InChI=1S/C24H40O2Si/c1-9-10-11-12-13-14-15-16-17-24(26-23(8)25)18-19-27(20(2)3,21(4)5)22(6)7/h10-11,13-14,17,20-22H,9,12,15-16H2,1-8H3/b11-10-,14-13-,24-17+. The van der Waals surface area contributed by atoms with Gasteiger partial charge in [0.15, 0.2) is 5.76 Å². The van der Waals surface area contributed by atoms with Crippen LogP contribution in [0, 0.1) is 11.5 Å². The zero-order valence-electron chi connectivity index (χ0n) is 18.8. The summed E-state index contributed by atoms with van der Waals surface area (Å²) in [6.07, 6.45) is 14.5. The number of allylic oxidation sites excluding steroid dienone is 6. The predicted molar refractivity (Wildman–Crippen MR) is 121 cm³/mol. The molecule has 152 valence electrons. The van der Waals surface area contributed by atoms with Gasteiger partial charge < -0.3 is 4.74 Å². The topological polar surface area (TPSA) is 26.3 Å². The first-order valence-corrected chi connectivity index (χ1v) is 12.6. The molecule has 0 spiro atoms. The highest BCUT2D eigenvalue weighted by Gasteiger charge is 2.41. The summed E-state index contributed by atoms with van der Waals surface area (Å²) in [6.45, 7) is 17.3. The van der Waals surface area contributed by atoms with Crippen LogP contribution in [0.1, 0.15) is 81.1 Å². The number of ether oxygens (including phenoxy) is 1. The highest BCUT2D eigenvalue weighted by Crippen LogP contribution is 2.40. The minimum atomic E-state index is -1.83. The smallest absolute Gasteiger partial charge is 0.308 e. The number of carbonyl (C=O) groups excluding carboxylic acids is 1. The Bertz CT molecular complexity index is 561. The Balaban J connectivity index is 5.29. The van der Waals surface area contributed by atoms with Crippen molar-refractivity contribution in [3.05, 3.63) is 36.1 Å². The zero-order chi connectivity index (χ0) is 20.9. The fraction of sp³-hybridized carbons (Fsp3) is 0.625. The van der Waals surface area contributed by atoms with Crippen LogP contribution in [0.15, 0.2) is 36.1 Å². The molecular weight excluding hydrogens is 348 g/mol. The number of hydrogen-bond acceptors (Lipinski definition) is 2. The van der Waals surface area contributed by atoms with Crippen LogP contribution in [-0.2, 0) is 9.53 Å². The molecule has 0 N–H and O–H groups in total. The molecule has 0 heterocycles.